The summed E-state index contributed by atoms with van der Waals surface area (Å²) in [6, 6.07) is 14.4. The molecule has 3 atom stereocenters. The molecular formula is C24H28F4N2O. The lowest BCUT2D eigenvalue weighted by atomic mass is 9.74. The molecule has 0 radical (unpaired) electrons. The van der Waals surface area contributed by atoms with Gasteiger partial charge >= 0.3 is 6.18 Å². The molecule has 0 bridgehead atoms. The molecule has 0 aliphatic carbocycles. The minimum Gasteiger partial charge on any atom is -0.395 e. The predicted molar refractivity (Wildman–Crippen MR) is 112 cm³/mol. The Balaban J connectivity index is 1.52. The van der Waals surface area contributed by atoms with Crippen LogP contribution in [0, 0.1) is 5.82 Å². The van der Waals surface area contributed by atoms with Crippen molar-refractivity contribution in [3.8, 4) is 11.1 Å². The van der Waals surface area contributed by atoms with Gasteiger partial charge in [0.05, 0.1) is 13.0 Å². The molecular weight excluding hydrogens is 408 g/mol. The Kier molecular flexibility index (Phi) is 6.65. The Bertz CT molecular complexity index is 871. The lowest BCUT2D eigenvalue weighted by Crippen LogP contribution is -2.67. The van der Waals surface area contributed by atoms with Crippen LogP contribution in [0.2, 0.25) is 0 Å². The van der Waals surface area contributed by atoms with Crippen molar-refractivity contribution >= 4 is 0 Å². The largest absolute Gasteiger partial charge is 0.395 e. The number of halogens is 4. The molecule has 4 rings (SSSR count). The molecule has 0 aromatic heterocycles. The number of hydrogen-bond acceptors (Lipinski definition) is 3. The van der Waals surface area contributed by atoms with Crippen LogP contribution in [0.5, 0.6) is 0 Å². The standard InChI is InChI=1S/C24H28F4N2O/c25-20-5-3-4-19(14-20)17-6-8-18(9-7-17)23-21-15-29(13-10-24(26,27)28)11-1-2-12-30(21)22(23)16-31/h3-9,14,21-23,31H,1-2,10-13,15-16H2/t21-,22-,23+/m0/s1. The highest BCUT2D eigenvalue weighted by Crippen LogP contribution is 2.42. The van der Waals surface area contributed by atoms with Crippen LogP contribution in [0.4, 0.5) is 17.6 Å². The van der Waals surface area contributed by atoms with Crippen LogP contribution in [0.15, 0.2) is 48.5 Å². The molecule has 0 spiro atoms. The number of alkyl halides is 3. The maximum absolute atomic E-state index is 13.5. The summed E-state index contributed by atoms with van der Waals surface area (Å²) < 4.78 is 51.8. The van der Waals surface area contributed by atoms with Crippen molar-refractivity contribution in [2.75, 3.05) is 32.8 Å². The second-order valence-corrected chi connectivity index (χ2v) is 8.59. The molecule has 7 heteroatoms. The molecule has 0 saturated carbocycles. The summed E-state index contributed by atoms with van der Waals surface area (Å²) in [7, 11) is 0. The molecule has 2 fully saturated rings. The number of aliphatic hydroxyl groups excluding tert-OH is 1. The normalized spacial score (nSPS) is 25.4. The predicted octanol–water partition coefficient (Wildman–Crippen LogP) is 4.67. The molecule has 2 aromatic carbocycles. The average Bonchev–Trinajstić information content (AvgIpc) is 2.72. The molecule has 0 amide bonds. The lowest BCUT2D eigenvalue weighted by Gasteiger charge is -2.57. The summed E-state index contributed by atoms with van der Waals surface area (Å²) in [6.07, 6.45) is -3.16. The highest BCUT2D eigenvalue weighted by atomic mass is 19.4. The second kappa shape index (κ2) is 9.27. The van der Waals surface area contributed by atoms with Gasteiger partial charge in [0.2, 0.25) is 0 Å². The molecule has 2 aromatic rings. The minimum absolute atomic E-state index is 0.0167. The number of benzene rings is 2. The summed E-state index contributed by atoms with van der Waals surface area (Å²) in [4.78, 5) is 4.18. The fourth-order valence-electron chi connectivity index (χ4n) is 5.07. The number of nitrogens with zero attached hydrogens (tertiary/aromatic N) is 2. The van der Waals surface area contributed by atoms with Crippen LogP contribution in [0.25, 0.3) is 11.1 Å². The van der Waals surface area contributed by atoms with Crippen molar-refractivity contribution in [2.45, 2.75) is 43.4 Å². The van der Waals surface area contributed by atoms with Gasteiger partial charge in [0.15, 0.2) is 0 Å². The third-order valence-corrected chi connectivity index (χ3v) is 6.62. The van der Waals surface area contributed by atoms with Gasteiger partial charge in [-0.05, 0) is 54.8 Å². The SMILES string of the molecule is OC[C@H]1[C@H](c2ccc(-c3cccc(F)c3)cc2)[C@@H]2CN(CCC(F)(F)F)CCCCN12. The van der Waals surface area contributed by atoms with Crippen molar-refractivity contribution in [3.05, 3.63) is 59.9 Å². The summed E-state index contributed by atoms with van der Waals surface area (Å²) in [5.74, 6) is -0.219. The van der Waals surface area contributed by atoms with E-state index in [-0.39, 0.29) is 37.0 Å². The van der Waals surface area contributed by atoms with Crippen LogP contribution in [-0.4, -0.2) is 66.0 Å². The zero-order chi connectivity index (χ0) is 22.0. The van der Waals surface area contributed by atoms with Crippen molar-refractivity contribution in [3.63, 3.8) is 0 Å². The first-order valence-electron chi connectivity index (χ1n) is 10.9. The molecule has 1 N–H and O–H groups in total. The summed E-state index contributed by atoms with van der Waals surface area (Å²) in [5.41, 5.74) is 2.77. The monoisotopic (exact) mass is 436 g/mol. The van der Waals surface area contributed by atoms with Crippen molar-refractivity contribution in [1.82, 2.24) is 9.80 Å². The Morgan fingerprint density at radius 2 is 1.71 bits per heavy atom. The highest BCUT2D eigenvalue weighted by molar-refractivity contribution is 5.63. The van der Waals surface area contributed by atoms with E-state index in [1.54, 1.807) is 6.07 Å². The van der Waals surface area contributed by atoms with E-state index in [0.29, 0.717) is 13.1 Å². The van der Waals surface area contributed by atoms with Crippen molar-refractivity contribution in [1.29, 1.82) is 0 Å². The molecule has 31 heavy (non-hydrogen) atoms. The molecule has 2 saturated heterocycles. The smallest absolute Gasteiger partial charge is 0.390 e. The van der Waals surface area contributed by atoms with E-state index in [0.717, 1.165) is 36.1 Å². The van der Waals surface area contributed by atoms with Crippen LogP contribution in [0.3, 0.4) is 0 Å². The summed E-state index contributed by atoms with van der Waals surface area (Å²) >= 11 is 0. The van der Waals surface area contributed by atoms with Gasteiger partial charge in [-0.15, -0.1) is 0 Å². The van der Waals surface area contributed by atoms with E-state index in [9.17, 15) is 22.7 Å². The fourth-order valence-corrected chi connectivity index (χ4v) is 5.07. The number of rotatable bonds is 5. The van der Waals surface area contributed by atoms with Crippen LogP contribution in [0.1, 0.15) is 30.7 Å². The molecule has 2 aliphatic heterocycles. The zero-order valence-corrected chi connectivity index (χ0v) is 17.4. The van der Waals surface area contributed by atoms with Crippen LogP contribution < -0.4 is 0 Å². The van der Waals surface area contributed by atoms with E-state index in [1.165, 1.54) is 12.1 Å². The Hall–Kier alpha value is -1.96. The first kappa shape index (κ1) is 22.2. The topological polar surface area (TPSA) is 26.7 Å². The number of fused-ring (bicyclic) bond motifs is 1. The lowest BCUT2D eigenvalue weighted by molar-refractivity contribution is -0.140. The van der Waals surface area contributed by atoms with E-state index in [2.05, 4.69) is 4.90 Å². The molecule has 0 unspecified atom stereocenters. The first-order chi connectivity index (χ1) is 14.9. The molecule has 168 valence electrons. The maximum atomic E-state index is 13.5. The summed E-state index contributed by atoms with van der Waals surface area (Å²) in [6.45, 7) is 2.15. The quantitative estimate of drug-likeness (QED) is 0.690. The summed E-state index contributed by atoms with van der Waals surface area (Å²) in [5, 5.41) is 10.0. The molecule has 2 heterocycles. The van der Waals surface area contributed by atoms with E-state index >= 15 is 0 Å². The maximum Gasteiger partial charge on any atom is 0.390 e. The Morgan fingerprint density at radius 3 is 2.39 bits per heavy atom. The van der Waals surface area contributed by atoms with Crippen molar-refractivity contribution < 1.29 is 22.7 Å². The Labute approximate surface area is 180 Å². The second-order valence-electron chi connectivity index (χ2n) is 8.59. The van der Waals surface area contributed by atoms with Crippen LogP contribution >= 0.6 is 0 Å². The third-order valence-electron chi connectivity index (χ3n) is 6.62. The van der Waals surface area contributed by atoms with Gasteiger partial charge in [0.25, 0.3) is 0 Å². The Morgan fingerprint density at radius 1 is 0.968 bits per heavy atom. The number of aliphatic hydroxyl groups is 1. The van der Waals surface area contributed by atoms with Gasteiger partial charge in [0, 0.05) is 31.1 Å². The molecule has 3 nitrogen and oxygen atoms in total. The van der Waals surface area contributed by atoms with Crippen molar-refractivity contribution in [2.24, 2.45) is 0 Å². The van der Waals surface area contributed by atoms with Crippen LogP contribution in [-0.2, 0) is 0 Å². The fraction of sp³-hybridized carbons (Fsp3) is 0.500. The third kappa shape index (κ3) is 5.10. The minimum atomic E-state index is -4.15. The van der Waals surface area contributed by atoms with E-state index < -0.39 is 12.6 Å². The van der Waals surface area contributed by atoms with Gasteiger partial charge in [-0.2, -0.15) is 13.2 Å². The first-order valence-corrected chi connectivity index (χ1v) is 10.9. The van der Waals surface area contributed by atoms with E-state index in [1.807, 2.05) is 35.2 Å². The average molecular weight is 436 g/mol. The number of hydrogen-bond donors (Lipinski definition) is 1. The van der Waals surface area contributed by atoms with Gasteiger partial charge in [-0.3, -0.25) is 4.90 Å². The van der Waals surface area contributed by atoms with Gasteiger partial charge in [-0.1, -0.05) is 36.4 Å². The highest BCUT2D eigenvalue weighted by Gasteiger charge is 2.49. The molecule has 2 aliphatic rings. The van der Waals surface area contributed by atoms with Gasteiger partial charge < -0.3 is 10.0 Å². The van der Waals surface area contributed by atoms with Gasteiger partial charge in [-0.25, -0.2) is 4.39 Å². The van der Waals surface area contributed by atoms with Gasteiger partial charge in [0.1, 0.15) is 5.82 Å². The zero-order valence-electron chi connectivity index (χ0n) is 17.4. The van der Waals surface area contributed by atoms with E-state index in [4.69, 9.17) is 0 Å².